The number of hydrogen-bond donors (Lipinski definition) is 2. The zero-order valence-corrected chi connectivity index (χ0v) is 44.2. The van der Waals surface area contributed by atoms with Crippen molar-refractivity contribution in [2.24, 2.45) is 0 Å². The number of ether oxygens (including phenoxy) is 5. The van der Waals surface area contributed by atoms with Gasteiger partial charge in [0, 0.05) is 45.6 Å². The van der Waals surface area contributed by atoms with Crippen LogP contribution < -0.4 is 28.6 Å². The van der Waals surface area contributed by atoms with Gasteiger partial charge in [-0.3, -0.25) is 0 Å². The molecule has 12 nitrogen and oxygen atoms in total. The third-order valence-corrected chi connectivity index (χ3v) is 19.4. The number of carbonyl (C=O) groups is 2. The maximum Gasteiger partial charge on any atom is 0.346 e. The van der Waals surface area contributed by atoms with Crippen molar-refractivity contribution in [2.45, 2.75) is 32.6 Å². The van der Waals surface area contributed by atoms with E-state index < -0.39 is 11.9 Å². The van der Waals surface area contributed by atoms with Crippen LogP contribution in [0.4, 0.5) is 17.1 Å². The number of thiophene rings is 6. The molecule has 0 bridgehead atoms. The quantitative estimate of drug-likeness (QED) is 0.0503. The van der Waals surface area contributed by atoms with E-state index in [1.165, 1.54) is 47.7 Å². The fraction of sp³-hybridized carbons (Fsp3) is 0.179. The molecule has 2 N–H and O–H groups in total. The summed E-state index contributed by atoms with van der Waals surface area (Å²) in [6, 6.07) is 36.7. The van der Waals surface area contributed by atoms with E-state index in [0.717, 1.165) is 94.8 Å². The van der Waals surface area contributed by atoms with Crippen LogP contribution in [0.15, 0.2) is 108 Å². The van der Waals surface area contributed by atoms with Gasteiger partial charge in [-0.25, -0.2) is 9.59 Å². The lowest BCUT2D eigenvalue weighted by atomic mass is 10.1. The topological polar surface area (TPSA) is 172 Å². The number of nitrogens with zero attached hydrogens (tertiary/aromatic N) is 3. The molecule has 0 fully saturated rings. The molecule has 2 aliphatic heterocycles. The second-order valence-corrected chi connectivity index (χ2v) is 23.4. The van der Waals surface area contributed by atoms with Crippen LogP contribution >= 0.6 is 68.0 Å². The number of rotatable bonds is 17. The van der Waals surface area contributed by atoms with Crippen molar-refractivity contribution >= 4 is 128 Å². The van der Waals surface area contributed by atoms with Gasteiger partial charge in [0.25, 0.3) is 0 Å². The Kier molecular flexibility index (Phi) is 14.0. The summed E-state index contributed by atoms with van der Waals surface area (Å²) in [7, 11) is 0. The minimum absolute atomic E-state index is 0.306. The summed E-state index contributed by atoms with van der Waals surface area (Å²) in [5.41, 5.74) is 4.19. The summed E-state index contributed by atoms with van der Waals surface area (Å²) in [5, 5.41) is 37.3. The van der Waals surface area contributed by atoms with Gasteiger partial charge in [-0.05, 0) is 102 Å². The highest BCUT2D eigenvalue weighted by Crippen LogP contribution is 2.58. The summed E-state index contributed by atoms with van der Waals surface area (Å²) in [4.78, 5) is 32.4. The van der Waals surface area contributed by atoms with E-state index in [2.05, 4.69) is 84.6 Å². The average molecular weight is 1090 g/mol. The van der Waals surface area contributed by atoms with E-state index in [-0.39, 0.29) is 11.1 Å². The first kappa shape index (κ1) is 48.8. The lowest BCUT2D eigenvalue weighted by Gasteiger charge is -2.26. The second kappa shape index (κ2) is 21.2. The largest absolute Gasteiger partial charge is 0.494 e. The number of nitriles is 2. The molecule has 9 aromatic rings. The molecular weight excluding hydrogens is 1050 g/mol. The van der Waals surface area contributed by atoms with Crippen molar-refractivity contribution in [2.75, 3.05) is 37.9 Å². The molecule has 0 atom stereocenters. The van der Waals surface area contributed by atoms with Crippen molar-refractivity contribution < 1.29 is 43.5 Å². The lowest BCUT2D eigenvalue weighted by molar-refractivity contribution is -0.133. The Morgan fingerprint density at radius 3 is 1.35 bits per heavy atom. The second-order valence-electron chi connectivity index (χ2n) is 17.0. The number of hydrogen-bond acceptors (Lipinski definition) is 16. The van der Waals surface area contributed by atoms with Crippen molar-refractivity contribution in [1.82, 2.24) is 0 Å². The van der Waals surface area contributed by atoms with E-state index in [9.17, 15) is 30.3 Å². The fourth-order valence-electron chi connectivity index (χ4n) is 8.63. The third kappa shape index (κ3) is 9.76. The number of carboxylic acids is 2. The van der Waals surface area contributed by atoms with E-state index in [0.29, 0.717) is 65.8 Å². The molecule has 0 saturated carbocycles. The van der Waals surface area contributed by atoms with Gasteiger partial charge in [-0.2, -0.15) is 10.5 Å². The number of carboxylic acid groups (broad SMARTS) is 2. The summed E-state index contributed by atoms with van der Waals surface area (Å²) in [6.45, 7) is 4.59. The smallest absolute Gasteiger partial charge is 0.346 e. The van der Waals surface area contributed by atoms with Crippen LogP contribution in [0.25, 0.3) is 71.3 Å². The molecule has 3 aromatic carbocycles. The molecule has 18 heteroatoms. The molecule has 0 radical (unpaired) electrons. The molecule has 0 spiro atoms. The number of anilines is 3. The van der Waals surface area contributed by atoms with Crippen LogP contribution in [0.3, 0.4) is 0 Å². The third-order valence-electron chi connectivity index (χ3n) is 12.1. The van der Waals surface area contributed by atoms with Gasteiger partial charge in [0.15, 0.2) is 23.0 Å². The molecule has 2 aliphatic rings. The van der Waals surface area contributed by atoms with Crippen molar-refractivity contribution in [1.29, 1.82) is 10.5 Å². The summed E-state index contributed by atoms with van der Waals surface area (Å²) < 4.78 is 35.3. The van der Waals surface area contributed by atoms with Crippen molar-refractivity contribution in [3.05, 3.63) is 118 Å². The summed E-state index contributed by atoms with van der Waals surface area (Å²) >= 11 is 9.29. The lowest BCUT2D eigenvalue weighted by Crippen LogP contribution is -2.14. The van der Waals surface area contributed by atoms with Gasteiger partial charge in [-0.1, -0.05) is 50.5 Å². The molecule has 0 aliphatic carbocycles. The van der Waals surface area contributed by atoms with Crippen LogP contribution in [0.1, 0.15) is 42.4 Å². The Morgan fingerprint density at radius 2 is 0.959 bits per heavy atom. The maximum atomic E-state index is 11.5. The predicted octanol–water partition coefficient (Wildman–Crippen LogP) is 16.0. The fourth-order valence-corrected chi connectivity index (χ4v) is 15.9. The molecule has 74 heavy (non-hydrogen) atoms. The number of aliphatic carboxylic acids is 2. The van der Waals surface area contributed by atoms with Crippen LogP contribution in [-0.4, -0.2) is 55.2 Å². The van der Waals surface area contributed by atoms with Crippen molar-refractivity contribution in [3.63, 3.8) is 0 Å². The molecule has 8 heterocycles. The minimum Gasteiger partial charge on any atom is -0.494 e. The molecule has 11 rings (SSSR count). The highest BCUT2D eigenvalue weighted by molar-refractivity contribution is 7.33. The van der Waals surface area contributed by atoms with Gasteiger partial charge < -0.3 is 38.8 Å². The molecule has 370 valence electrons. The summed E-state index contributed by atoms with van der Waals surface area (Å²) in [5.74, 6) is 1.17. The maximum absolute atomic E-state index is 11.5. The Labute approximate surface area is 448 Å². The van der Waals surface area contributed by atoms with Gasteiger partial charge in [-0.15, -0.1) is 68.0 Å². The zero-order valence-electron chi connectivity index (χ0n) is 39.3. The number of fused-ring (bicyclic) bond motifs is 4. The van der Waals surface area contributed by atoms with E-state index in [4.69, 9.17) is 23.7 Å². The number of benzene rings is 3. The Bertz CT molecular complexity index is 3460. The van der Waals surface area contributed by atoms with E-state index in [1.807, 2.05) is 24.3 Å². The molecule has 0 amide bonds. The Morgan fingerprint density at radius 1 is 0.554 bits per heavy atom. The van der Waals surface area contributed by atoms with Gasteiger partial charge in [0.05, 0.1) is 35.9 Å². The van der Waals surface area contributed by atoms with E-state index in [1.54, 1.807) is 57.5 Å². The zero-order chi connectivity index (χ0) is 50.9. The van der Waals surface area contributed by atoms with Crippen LogP contribution in [0.5, 0.6) is 28.7 Å². The van der Waals surface area contributed by atoms with Gasteiger partial charge in [0.2, 0.25) is 0 Å². The Hall–Kier alpha value is -7.42. The number of unbranched alkanes of at least 4 members (excludes halogenated alkanes) is 3. The molecule has 6 aromatic heterocycles. The van der Waals surface area contributed by atoms with Crippen LogP contribution in [-0.2, 0) is 9.59 Å². The first-order chi connectivity index (χ1) is 36.2. The monoisotopic (exact) mass is 1090 g/mol. The minimum atomic E-state index is -1.25. The first-order valence-corrected chi connectivity index (χ1v) is 28.4. The van der Waals surface area contributed by atoms with Gasteiger partial charge >= 0.3 is 11.9 Å². The van der Waals surface area contributed by atoms with Crippen molar-refractivity contribution in [3.8, 4) is 81.3 Å². The first-order valence-electron chi connectivity index (χ1n) is 23.5. The molecule has 0 unspecified atom stereocenters. The Balaban J connectivity index is 0.907. The highest BCUT2D eigenvalue weighted by atomic mass is 32.1. The summed E-state index contributed by atoms with van der Waals surface area (Å²) in [6.07, 6.45) is 7.33. The standard InChI is InChI=1S/C56H41N3O9S6/c1-2-3-4-5-18-64-38-16-14-37(15-17-38)59(35-10-6-31(7-11-35)51-47-49(67-21-19-65-47)53(73-51)45-27-43-41(71-45)25-39(69-43)23-33(29-57)55(60)61)36-12-8-32(9-13-36)52-48-50(68-22-20-66-48)54(74-52)46-28-44-42(72-46)26-40(70-44)24-34(30-58)56(62)63/h6-17,23-28H,2-5,18-22H2,1H3,(H,60,61)(H,62,63). The SMILES string of the molecule is CCCCCCOc1ccc(N(c2ccc(-c3sc(-c4cc5sc(C=C(C#N)C(=O)O)cc5s4)c4c3OCCO4)cc2)c2ccc(-c3sc(-c4cc5sc(C=C(C#N)C(=O)O)cc5s4)c4c3OCCO4)cc2)cc1. The highest BCUT2D eigenvalue weighted by Gasteiger charge is 2.30. The van der Waals surface area contributed by atoms with Crippen LogP contribution in [0, 0.1) is 22.7 Å². The molecule has 0 saturated heterocycles. The normalized spacial score (nSPS) is 13.2. The molecular formula is C56H41N3O9S6. The van der Waals surface area contributed by atoms with Crippen LogP contribution in [0.2, 0.25) is 0 Å². The predicted molar refractivity (Wildman–Crippen MR) is 299 cm³/mol. The average Bonchev–Trinajstić information content (AvgIpc) is 4.28. The van der Waals surface area contributed by atoms with Gasteiger partial charge in [0.1, 0.15) is 55.5 Å². The van der Waals surface area contributed by atoms with E-state index >= 15 is 0 Å².